The second-order valence-corrected chi connectivity index (χ2v) is 6.83. The second-order valence-electron chi connectivity index (χ2n) is 6.83. The molecule has 0 aliphatic carbocycles. The highest BCUT2D eigenvalue weighted by Gasteiger charge is 2.31. The van der Waals surface area contributed by atoms with E-state index in [1.807, 2.05) is 17.0 Å². The van der Waals surface area contributed by atoms with E-state index in [9.17, 15) is 9.59 Å². The molecule has 6 nitrogen and oxygen atoms in total. The SMILES string of the molecule is COc1cccc(C(C)N2CCN(C(=O)[C@H]3CCCC(=O)N3)CC2)c1. The molecule has 2 atom stereocenters. The molecule has 25 heavy (non-hydrogen) atoms. The molecule has 1 aromatic carbocycles. The monoisotopic (exact) mass is 345 g/mol. The summed E-state index contributed by atoms with van der Waals surface area (Å²) in [5.41, 5.74) is 1.22. The first-order chi connectivity index (χ1) is 12.1. The minimum absolute atomic E-state index is 0.00474. The Morgan fingerprint density at radius 3 is 2.72 bits per heavy atom. The first-order valence-electron chi connectivity index (χ1n) is 9.04. The van der Waals surface area contributed by atoms with Crippen LogP contribution in [0.3, 0.4) is 0 Å². The van der Waals surface area contributed by atoms with Crippen molar-refractivity contribution < 1.29 is 14.3 Å². The molecule has 0 spiro atoms. The third kappa shape index (κ3) is 4.12. The van der Waals surface area contributed by atoms with Gasteiger partial charge in [-0.05, 0) is 37.5 Å². The van der Waals surface area contributed by atoms with Crippen LogP contribution in [0.2, 0.25) is 0 Å². The van der Waals surface area contributed by atoms with Crippen LogP contribution in [0.4, 0.5) is 0 Å². The van der Waals surface area contributed by atoms with Crippen molar-refractivity contribution in [2.75, 3.05) is 33.3 Å². The van der Waals surface area contributed by atoms with Crippen molar-refractivity contribution in [2.24, 2.45) is 0 Å². The van der Waals surface area contributed by atoms with Gasteiger partial charge in [0.25, 0.3) is 0 Å². The fourth-order valence-electron chi connectivity index (χ4n) is 3.65. The Morgan fingerprint density at radius 2 is 2.04 bits per heavy atom. The highest BCUT2D eigenvalue weighted by atomic mass is 16.5. The van der Waals surface area contributed by atoms with Gasteiger partial charge < -0.3 is 15.0 Å². The summed E-state index contributed by atoms with van der Waals surface area (Å²) in [5.74, 6) is 0.933. The molecule has 2 amide bonds. The Kier molecular flexibility index (Phi) is 5.58. The normalized spacial score (nSPS) is 23.0. The van der Waals surface area contributed by atoms with Crippen LogP contribution in [0.5, 0.6) is 5.75 Å². The van der Waals surface area contributed by atoms with Gasteiger partial charge in [-0.2, -0.15) is 0 Å². The topological polar surface area (TPSA) is 61.9 Å². The van der Waals surface area contributed by atoms with Gasteiger partial charge in [-0.3, -0.25) is 14.5 Å². The molecule has 6 heteroatoms. The lowest BCUT2D eigenvalue weighted by molar-refractivity contribution is -0.139. The van der Waals surface area contributed by atoms with E-state index in [-0.39, 0.29) is 23.9 Å². The number of carbonyl (C=O) groups is 2. The summed E-state index contributed by atoms with van der Waals surface area (Å²) in [4.78, 5) is 28.4. The minimum atomic E-state index is -0.330. The predicted molar refractivity (Wildman–Crippen MR) is 95.3 cm³/mol. The lowest BCUT2D eigenvalue weighted by Crippen LogP contribution is -2.56. The summed E-state index contributed by atoms with van der Waals surface area (Å²) in [6, 6.07) is 8.09. The molecular formula is C19H27N3O3. The quantitative estimate of drug-likeness (QED) is 0.900. The van der Waals surface area contributed by atoms with Crippen LogP contribution < -0.4 is 10.1 Å². The van der Waals surface area contributed by atoms with Crippen LogP contribution in [0.1, 0.15) is 37.8 Å². The zero-order chi connectivity index (χ0) is 17.8. The molecule has 2 saturated heterocycles. The highest BCUT2D eigenvalue weighted by molar-refractivity contribution is 5.88. The van der Waals surface area contributed by atoms with Crippen LogP contribution in [0.15, 0.2) is 24.3 Å². The maximum atomic E-state index is 12.6. The lowest BCUT2D eigenvalue weighted by atomic mass is 10.0. The molecule has 2 fully saturated rings. The number of carbonyl (C=O) groups excluding carboxylic acids is 2. The molecule has 2 aliphatic heterocycles. The molecule has 2 aliphatic rings. The van der Waals surface area contributed by atoms with Crippen LogP contribution in [0, 0.1) is 0 Å². The zero-order valence-electron chi connectivity index (χ0n) is 15.0. The summed E-state index contributed by atoms with van der Waals surface area (Å²) in [5, 5.41) is 2.83. The Labute approximate surface area is 149 Å². The molecule has 0 radical (unpaired) electrons. The molecule has 136 valence electrons. The summed E-state index contributed by atoms with van der Waals surface area (Å²) in [7, 11) is 1.68. The number of ether oxygens (including phenoxy) is 1. The summed E-state index contributed by atoms with van der Waals surface area (Å²) >= 11 is 0. The van der Waals surface area contributed by atoms with Gasteiger partial charge in [-0.15, -0.1) is 0 Å². The fraction of sp³-hybridized carbons (Fsp3) is 0.579. The third-order valence-electron chi connectivity index (χ3n) is 5.28. The number of methoxy groups -OCH3 is 1. The molecule has 3 rings (SSSR count). The number of nitrogens with one attached hydrogen (secondary N) is 1. The lowest BCUT2D eigenvalue weighted by Gasteiger charge is -2.39. The van der Waals surface area contributed by atoms with E-state index in [1.54, 1.807) is 7.11 Å². The maximum Gasteiger partial charge on any atom is 0.245 e. The van der Waals surface area contributed by atoms with Gasteiger partial charge in [0, 0.05) is 38.6 Å². The van der Waals surface area contributed by atoms with Crippen molar-refractivity contribution in [1.82, 2.24) is 15.1 Å². The van der Waals surface area contributed by atoms with Crippen molar-refractivity contribution in [1.29, 1.82) is 0 Å². The van der Waals surface area contributed by atoms with Gasteiger partial charge in [-0.1, -0.05) is 12.1 Å². The molecule has 1 aromatic rings. The largest absolute Gasteiger partial charge is 0.497 e. The smallest absolute Gasteiger partial charge is 0.245 e. The van der Waals surface area contributed by atoms with E-state index in [2.05, 4.69) is 29.3 Å². The maximum absolute atomic E-state index is 12.6. The molecule has 2 heterocycles. The van der Waals surface area contributed by atoms with Gasteiger partial charge in [0.15, 0.2) is 0 Å². The van der Waals surface area contributed by atoms with Crippen molar-refractivity contribution >= 4 is 11.8 Å². The van der Waals surface area contributed by atoms with Gasteiger partial charge in [0.05, 0.1) is 7.11 Å². The molecular weight excluding hydrogens is 318 g/mol. The number of piperidine rings is 1. The van der Waals surface area contributed by atoms with Crippen molar-refractivity contribution in [3.05, 3.63) is 29.8 Å². The fourth-order valence-corrected chi connectivity index (χ4v) is 3.65. The minimum Gasteiger partial charge on any atom is -0.497 e. The van der Waals surface area contributed by atoms with E-state index in [0.29, 0.717) is 19.5 Å². The summed E-state index contributed by atoms with van der Waals surface area (Å²) in [6.07, 6.45) is 2.09. The van der Waals surface area contributed by atoms with Crippen LogP contribution in [-0.2, 0) is 9.59 Å². The Hall–Kier alpha value is -2.08. The third-order valence-corrected chi connectivity index (χ3v) is 5.28. The van der Waals surface area contributed by atoms with E-state index in [1.165, 1.54) is 5.56 Å². The summed E-state index contributed by atoms with van der Waals surface area (Å²) < 4.78 is 5.31. The standard InChI is InChI=1S/C19H27N3O3/c1-14(15-5-3-6-16(13-15)25-2)21-9-11-22(12-10-21)19(24)17-7-4-8-18(23)20-17/h3,5-6,13-14,17H,4,7-12H2,1-2H3,(H,20,23)/t14?,17-/m1/s1. The van der Waals surface area contributed by atoms with Crippen molar-refractivity contribution in [2.45, 2.75) is 38.3 Å². The molecule has 0 saturated carbocycles. The average Bonchev–Trinajstić information content (AvgIpc) is 2.67. The number of hydrogen-bond donors (Lipinski definition) is 1. The number of amides is 2. The number of piperazine rings is 1. The van der Waals surface area contributed by atoms with E-state index >= 15 is 0 Å². The second kappa shape index (κ2) is 7.87. The Bertz CT molecular complexity index is 626. The van der Waals surface area contributed by atoms with Crippen LogP contribution in [-0.4, -0.2) is 60.9 Å². The molecule has 1 N–H and O–H groups in total. The van der Waals surface area contributed by atoms with Gasteiger partial charge in [-0.25, -0.2) is 0 Å². The van der Waals surface area contributed by atoms with Gasteiger partial charge >= 0.3 is 0 Å². The van der Waals surface area contributed by atoms with Crippen LogP contribution >= 0.6 is 0 Å². The van der Waals surface area contributed by atoms with E-state index < -0.39 is 0 Å². The van der Waals surface area contributed by atoms with Gasteiger partial charge in [0.2, 0.25) is 11.8 Å². The molecule has 0 aromatic heterocycles. The Morgan fingerprint density at radius 1 is 1.28 bits per heavy atom. The predicted octanol–water partition coefficient (Wildman–Crippen LogP) is 1.57. The summed E-state index contributed by atoms with van der Waals surface area (Å²) in [6.45, 7) is 5.28. The first kappa shape index (κ1) is 17.7. The average molecular weight is 345 g/mol. The number of hydrogen-bond acceptors (Lipinski definition) is 4. The molecule has 0 bridgehead atoms. The number of nitrogens with zero attached hydrogens (tertiary/aromatic N) is 2. The Balaban J connectivity index is 1.55. The number of benzene rings is 1. The van der Waals surface area contributed by atoms with E-state index in [0.717, 1.165) is 31.7 Å². The highest BCUT2D eigenvalue weighted by Crippen LogP contribution is 2.25. The van der Waals surface area contributed by atoms with E-state index in [4.69, 9.17) is 4.74 Å². The molecule has 1 unspecified atom stereocenters. The van der Waals surface area contributed by atoms with Crippen LogP contribution in [0.25, 0.3) is 0 Å². The van der Waals surface area contributed by atoms with Crippen molar-refractivity contribution in [3.63, 3.8) is 0 Å². The first-order valence-corrected chi connectivity index (χ1v) is 9.04. The zero-order valence-corrected chi connectivity index (χ0v) is 15.0. The number of rotatable bonds is 4. The van der Waals surface area contributed by atoms with Crippen molar-refractivity contribution in [3.8, 4) is 5.75 Å². The van der Waals surface area contributed by atoms with Gasteiger partial charge in [0.1, 0.15) is 11.8 Å².